The van der Waals surface area contributed by atoms with Gasteiger partial charge in [-0.3, -0.25) is 13.9 Å². The molecule has 0 radical (unpaired) electrons. The van der Waals surface area contributed by atoms with Gasteiger partial charge in [-0.05, 0) is 60.2 Å². The lowest BCUT2D eigenvalue weighted by Crippen LogP contribution is -2.25. The molecule has 2 heterocycles. The highest BCUT2D eigenvalue weighted by Gasteiger charge is 2.38. The van der Waals surface area contributed by atoms with Crippen LogP contribution in [0, 0.1) is 0 Å². The van der Waals surface area contributed by atoms with Crippen LogP contribution in [0.2, 0.25) is 5.02 Å². The molecule has 154 valence electrons. The lowest BCUT2D eigenvalue weighted by molar-refractivity contribution is 0.0766. The van der Waals surface area contributed by atoms with E-state index >= 15 is 0 Å². The minimum absolute atomic E-state index is 0.0526. The Morgan fingerprint density at radius 3 is 2.50 bits per heavy atom. The first-order chi connectivity index (χ1) is 14.5. The van der Waals surface area contributed by atoms with Crippen LogP contribution < -0.4 is 5.69 Å². The summed E-state index contributed by atoms with van der Waals surface area (Å²) < 4.78 is 2.76. The molecule has 0 saturated heterocycles. The van der Waals surface area contributed by atoms with Crippen LogP contribution in [0.25, 0.3) is 11.1 Å². The maximum Gasteiger partial charge on any atom is 0.331 e. The van der Waals surface area contributed by atoms with Gasteiger partial charge in [0, 0.05) is 29.7 Å². The maximum atomic E-state index is 12.5. The van der Waals surface area contributed by atoms with E-state index in [2.05, 4.69) is 6.07 Å². The Balaban J connectivity index is 1.41. The van der Waals surface area contributed by atoms with Crippen molar-refractivity contribution in [2.75, 3.05) is 0 Å². The standard InChI is InChI=1S/C23H22ClN3O3/c1-2-26-21(28)13-25(23(26)30)11-16-4-3-15(10-20(16)24)14-5-8-19-17(9-14)12-27(22(19)29)18-6-7-18/h3-5,8-10,13,18,28H,2,6-7,11-12H2,1H3. The van der Waals surface area contributed by atoms with Gasteiger partial charge in [-0.1, -0.05) is 29.8 Å². The average molecular weight is 424 g/mol. The molecule has 0 unspecified atom stereocenters. The van der Waals surface area contributed by atoms with Gasteiger partial charge in [0.1, 0.15) is 0 Å². The van der Waals surface area contributed by atoms with Crippen molar-refractivity contribution in [3.05, 3.63) is 74.8 Å². The number of hydrogen-bond donors (Lipinski definition) is 1. The molecule has 2 aliphatic rings. The number of aromatic hydroxyl groups is 1. The molecule has 0 atom stereocenters. The molecule has 6 nitrogen and oxygen atoms in total. The van der Waals surface area contributed by atoms with Crippen molar-refractivity contribution < 1.29 is 9.90 Å². The second-order valence-corrected chi connectivity index (χ2v) is 8.39. The zero-order valence-corrected chi connectivity index (χ0v) is 17.4. The Labute approximate surface area is 178 Å². The van der Waals surface area contributed by atoms with Gasteiger partial charge in [0.2, 0.25) is 5.88 Å². The number of amides is 1. The van der Waals surface area contributed by atoms with Crippen LogP contribution in [0.4, 0.5) is 0 Å². The van der Waals surface area contributed by atoms with Crippen LogP contribution in [0.3, 0.4) is 0 Å². The summed E-state index contributed by atoms with van der Waals surface area (Å²) >= 11 is 6.53. The molecule has 2 aromatic carbocycles. The van der Waals surface area contributed by atoms with Gasteiger partial charge in [-0.2, -0.15) is 0 Å². The fourth-order valence-electron chi connectivity index (χ4n) is 4.17. The number of fused-ring (bicyclic) bond motifs is 1. The lowest BCUT2D eigenvalue weighted by Gasteiger charge is -2.13. The Morgan fingerprint density at radius 2 is 1.83 bits per heavy atom. The number of carbonyl (C=O) groups is 1. The predicted molar refractivity (Wildman–Crippen MR) is 115 cm³/mol. The van der Waals surface area contributed by atoms with Crippen molar-refractivity contribution >= 4 is 17.5 Å². The molecule has 0 bridgehead atoms. The normalized spacial score (nSPS) is 15.7. The topological polar surface area (TPSA) is 67.5 Å². The lowest BCUT2D eigenvalue weighted by atomic mass is 9.99. The summed E-state index contributed by atoms with van der Waals surface area (Å²) in [5.41, 5.74) is 4.37. The first-order valence-electron chi connectivity index (χ1n) is 10.2. The number of imidazole rings is 1. The Bertz CT molecular complexity index is 1220. The number of halogens is 1. The van der Waals surface area contributed by atoms with Crippen LogP contribution in [0.15, 0.2) is 47.4 Å². The van der Waals surface area contributed by atoms with E-state index in [1.807, 2.05) is 35.2 Å². The third kappa shape index (κ3) is 3.12. The molecule has 1 aromatic heterocycles. The molecule has 5 rings (SSSR count). The smallest absolute Gasteiger partial charge is 0.331 e. The molecule has 1 saturated carbocycles. The van der Waals surface area contributed by atoms with Gasteiger partial charge in [0.25, 0.3) is 5.91 Å². The Morgan fingerprint density at radius 1 is 1.10 bits per heavy atom. The zero-order chi connectivity index (χ0) is 21.0. The van der Waals surface area contributed by atoms with E-state index in [1.54, 1.807) is 6.92 Å². The van der Waals surface area contributed by atoms with Crippen molar-refractivity contribution in [3.8, 4) is 17.0 Å². The highest BCUT2D eigenvalue weighted by molar-refractivity contribution is 6.31. The molecule has 7 heteroatoms. The number of aromatic nitrogens is 2. The second kappa shape index (κ2) is 7.06. The number of rotatable bonds is 5. The highest BCUT2D eigenvalue weighted by Crippen LogP contribution is 2.36. The fourth-order valence-corrected chi connectivity index (χ4v) is 4.41. The number of nitrogens with zero attached hydrogens (tertiary/aromatic N) is 3. The summed E-state index contributed by atoms with van der Waals surface area (Å²) in [6.45, 7) is 3.18. The molecule has 1 amide bonds. The van der Waals surface area contributed by atoms with Crippen molar-refractivity contribution in [1.29, 1.82) is 0 Å². The number of benzene rings is 2. The molecule has 1 N–H and O–H groups in total. The van der Waals surface area contributed by atoms with Crippen molar-refractivity contribution in [1.82, 2.24) is 14.0 Å². The van der Waals surface area contributed by atoms with Crippen molar-refractivity contribution in [2.24, 2.45) is 0 Å². The second-order valence-electron chi connectivity index (χ2n) is 7.98. The zero-order valence-electron chi connectivity index (χ0n) is 16.6. The van der Waals surface area contributed by atoms with Crippen LogP contribution in [0.1, 0.15) is 41.3 Å². The summed E-state index contributed by atoms with van der Waals surface area (Å²) in [4.78, 5) is 26.8. The van der Waals surface area contributed by atoms with Gasteiger partial charge in [0.15, 0.2) is 0 Å². The van der Waals surface area contributed by atoms with E-state index in [0.29, 0.717) is 24.2 Å². The quantitative estimate of drug-likeness (QED) is 0.677. The van der Waals surface area contributed by atoms with Gasteiger partial charge >= 0.3 is 5.69 Å². The summed E-state index contributed by atoms with van der Waals surface area (Å²) in [6, 6.07) is 12.1. The Hall–Kier alpha value is -2.99. The Kier molecular flexibility index (Phi) is 4.47. The van der Waals surface area contributed by atoms with Crippen molar-refractivity contribution in [2.45, 2.75) is 45.4 Å². The summed E-state index contributed by atoms with van der Waals surface area (Å²) in [6.07, 6.45) is 3.64. The summed E-state index contributed by atoms with van der Waals surface area (Å²) in [7, 11) is 0. The molecule has 30 heavy (non-hydrogen) atoms. The van der Waals surface area contributed by atoms with E-state index in [0.717, 1.165) is 40.7 Å². The average Bonchev–Trinajstić information content (AvgIpc) is 3.47. The number of hydrogen-bond acceptors (Lipinski definition) is 3. The first-order valence-corrected chi connectivity index (χ1v) is 10.6. The van der Waals surface area contributed by atoms with Gasteiger partial charge in [-0.15, -0.1) is 0 Å². The fraction of sp³-hybridized carbons (Fsp3) is 0.304. The van der Waals surface area contributed by atoms with Crippen LogP contribution in [-0.2, 0) is 19.6 Å². The van der Waals surface area contributed by atoms with Crippen LogP contribution in [-0.4, -0.2) is 31.1 Å². The maximum absolute atomic E-state index is 12.5. The van der Waals surface area contributed by atoms with E-state index in [9.17, 15) is 14.7 Å². The molecule has 0 spiro atoms. The van der Waals surface area contributed by atoms with Gasteiger partial charge in [-0.25, -0.2) is 4.79 Å². The molecular formula is C23H22ClN3O3. The molecule has 1 fully saturated rings. The predicted octanol–water partition coefficient (Wildman–Crippen LogP) is 3.86. The summed E-state index contributed by atoms with van der Waals surface area (Å²) in [5.74, 6) is 0.0864. The van der Waals surface area contributed by atoms with Crippen LogP contribution in [0.5, 0.6) is 5.88 Å². The third-order valence-electron chi connectivity index (χ3n) is 5.99. The minimum Gasteiger partial charge on any atom is -0.493 e. The van der Waals surface area contributed by atoms with Crippen molar-refractivity contribution in [3.63, 3.8) is 0 Å². The van der Waals surface area contributed by atoms with Crippen LogP contribution >= 0.6 is 11.6 Å². The first kappa shape index (κ1) is 19.0. The number of carbonyl (C=O) groups excluding carboxylic acids is 1. The van der Waals surface area contributed by atoms with E-state index in [1.165, 1.54) is 15.3 Å². The van der Waals surface area contributed by atoms with E-state index in [4.69, 9.17) is 11.6 Å². The largest absolute Gasteiger partial charge is 0.493 e. The minimum atomic E-state index is -0.265. The molecular weight excluding hydrogens is 402 g/mol. The summed E-state index contributed by atoms with van der Waals surface area (Å²) in [5, 5.41) is 10.4. The third-order valence-corrected chi connectivity index (χ3v) is 6.34. The monoisotopic (exact) mass is 423 g/mol. The molecule has 1 aliphatic heterocycles. The van der Waals surface area contributed by atoms with Gasteiger partial charge < -0.3 is 10.0 Å². The van der Waals surface area contributed by atoms with E-state index < -0.39 is 0 Å². The van der Waals surface area contributed by atoms with E-state index in [-0.39, 0.29) is 24.0 Å². The SMILES string of the molecule is CCn1c(O)cn(Cc2ccc(-c3ccc4c(c3)CN(C3CC3)C4=O)cc2Cl)c1=O. The highest BCUT2D eigenvalue weighted by atomic mass is 35.5. The molecule has 3 aromatic rings. The van der Waals surface area contributed by atoms with Gasteiger partial charge in [0.05, 0.1) is 12.7 Å². The molecule has 1 aliphatic carbocycles.